The summed E-state index contributed by atoms with van der Waals surface area (Å²) in [7, 11) is 1.43. The standard InChI is InChI=1S/C12H15ClO4/c1-6(12(15)16)4-8-7(2)9(13)5-10(14)11(8)17-3/h5-6,14H,4H2,1-3H3,(H,15,16). The van der Waals surface area contributed by atoms with Gasteiger partial charge in [-0.15, -0.1) is 0 Å². The van der Waals surface area contributed by atoms with Crippen LogP contribution in [0.25, 0.3) is 0 Å². The van der Waals surface area contributed by atoms with Crippen LogP contribution in [0.4, 0.5) is 0 Å². The van der Waals surface area contributed by atoms with E-state index in [-0.39, 0.29) is 12.2 Å². The molecule has 0 saturated carbocycles. The summed E-state index contributed by atoms with van der Waals surface area (Å²) >= 11 is 5.95. The van der Waals surface area contributed by atoms with Crippen molar-refractivity contribution in [3.8, 4) is 11.5 Å². The minimum absolute atomic E-state index is 0.0734. The number of benzene rings is 1. The van der Waals surface area contributed by atoms with E-state index in [0.717, 1.165) is 5.56 Å². The topological polar surface area (TPSA) is 66.8 Å². The van der Waals surface area contributed by atoms with Gasteiger partial charge in [0.25, 0.3) is 0 Å². The molecular weight excluding hydrogens is 244 g/mol. The zero-order valence-corrected chi connectivity index (χ0v) is 10.7. The first kappa shape index (κ1) is 13.6. The molecule has 0 fully saturated rings. The molecular formula is C12H15ClO4. The number of carbonyl (C=O) groups is 1. The molecule has 5 heteroatoms. The number of rotatable bonds is 4. The third-order valence-corrected chi connectivity index (χ3v) is 3.11. The number of aromatic hydroxyl groups is 1. The first-order chi connectivity index (χ1) is 7.88. The Balaban J connectivity index is 3.25. The van der Waals surface area contributed by atoms with Crippen molar-refractivity contribution in [3.63, 3.8) is 0 Å². The molecule has 0 amide bonds. The van der Waals surface area contributed by atoms with Crippen molar-refractivity contribution in [2.75, 3.05) is 7.11 Å². The fraction of sp³-hybridized carbons (Fsp3) is 0.417. The third kappa shape index (κ3) is 2.82. The van der Waals surface area contributed by atoms with E-state index in [1.807, 2.05) is 0 Å². The average Bonchev–Trinajstić information content (AvgIpc) is 2.25. The Morgan fingerprint density at radius 1 is 1.59 bits per heavy atom. The van der Waals surface area contributed by atoms with Gasteiger partial charge >= 0.3 is 5.97 Å². The van der Waals surface area contributed by atoms with E-state index >= 15 is 0 Å². The van der Waals surface area contributed by atoms with Gasteiger partial charge in [-0.25, -0.2) is 0 Å². The van der Waals surface area contributed by atoms with Crippen LogP contribution in [0.3, 0.4) is 0 Å². The van der Waals surface area contributed by atoms with Crippen LogP contribution in [0.1, 0.15) is 18.1 Å². The summed E-state index contributed by atoms with van der Waals surface area (Å²) in [4.78, 5) is 10.8. The van der Waals surface area contributed by atoms with Gasteiger partial charge < -0.3 is 14.9 Å². The van der Waals surface area contributed by atoms with Crippen molar-refractivity contribution in [2.45, 2.75) is 20.3 Å². The Hall–Kier alpha value is -1.42. The molecule has 1 aromatic carbocycles. The Kier molecular flexibility index (Phi) is 4.23. The van der Waals surface area contributed by atoms with E-state index in [0.29, 0.717) is 16.3 Å². The SMILES string of the molecule is COc1c(O)cc(Cl)c(C)c1CC(C)C(=O)O. The second-order valence-corrected chi connectivity index (χ2v) is 4.36. The number of methoxy groups -OCH3 is 1. The van der Waals surface area contributed by atoms with Crippen molar-refractivity contribution >= 4 is 17.6 Å². The Morgan fingerprint density at radius 2 is 2.18 bits per heavy atom. The molecule has 0 heterocycles. The van der Waals surface area contributed by atoms with Crippen LogP contribution in [0.2, 0.25) is 5.02 Å². The number of phenolic OH excluding ortho intramolecular Hbond substituents is 1. The summed E-state index contributed by atoms with van der Waals surface area (Å²) in [6.07, 6.45) is 0.262. The fourth-order valence-corrected chi connectivity index (χ4v) is 1.85. The lowest BCUT2D eigenvalue weighted by Gasteiger charge is -2.16. The van der Waals surface area contributed by atoms with Crippen molar-refractivity contribution < 1.29 is 19.7 Å². The molecule has 94 valence electrons. The molecule has 1 unspecified atom stereocenters. The van der Waals surface area contributed by atoms with E-state index in [9.17, 15) is 9.90 Å². The predicted molar refractivity (Wildman–Crippen MR) is 64.9 cm³/mol. The van der Waals surface area contributed by atoms with E-state index in [1.54, 1.807) is 13.8 Å². The summed E-state index contributed by atoms with van der Waals surface area (Å²) in [6, 6.07) is 1.39. The van der Waals surface area contributed by atoms with Gasteiger partial charge in [-0.05, 0) is 18.9 Å². The van der Waals surface area contributed by atoms with Crippen molar-refractivity contribution in [1.29, 1.82) is 0 Å². The van der Waals surface area contributed by atoms with Gasteiger partial charge in [0, 0.05) is 16.7 Å². The van der Waals surface area contributed by atoms with E-state index in [1.165, 1.54) is 13.2 Å². The number of ether oxygens (including phenoxy) is 1. The Bertz CT molecular complexity index is 443. The second-order valence-electron chi connectivity index (χ2n) is 3.96. The van der Waals surface area contributed by atoms with E-state index in [4.69, 9.17) is 21.4 Å². The molecule has 1 rings (SSSR count). The normalized spacial score (nSPS) is 12.2. The Labute approximate surface area is 105 Å². The number of halogens is 1. The number of hydrogen-bond donors (Lipinski definition) is 2. The van der Waals surface area contributed by atoms with Crippen LogP contribution in [0, 0.1) is 12.8 Å². The summed E-state index contributed by atoms with van der Waals surface area (Å²) in [5, 5.41) is 19.0. The molecule has 0 radical (unpaired) electrons. The molecule has 1 aromatic rings. The van der Waals surface area contributed by atoms with Crippen LogP contribution in [0.15, 0.2) is 6.07 Å². The molecule has 4 nitrogen and oxygen atoms in total. The summed E-state index contributed by atoms with van der Waals surface area (Å²) in [5.74, 6) is -1.25. The zero-order valence-electron chi connectivity index (χ0n) is 9.95. The smallest absolute Gasteiger partial charge is 0.306 e. The molecule has 0 aliphatic carbocycles. The summed E-state index contributed by atoms with van der Waals surface area (Å²) in [6.45, 7) is 3.37. The molecule has 1 atom stereocenters. The van der Waals surface area contributed by atoms with Gasteiger partial charge in [0.05, 0.1) is 13.0 Å². The molecule has 0 spiro atoms. The lowest BCUT2D eigenvalue weighted by Crippen LogP contribution is -2.13. The van der Waals surface area contributed by atoms with Crippen molar-refractivity contribution in [1.82, 2.24) is 0 Å². The fourth-order valence-electron chi connectivity index (χ4n) is 1.63. The van der Waals surface area contributed by atoms with Crippen LogP contribution < -0.4 is 4.74 Å². The van der Waals surface area contributed by atoms with Gasteiger partial charge in [0.2, 0.25) is 0 Å². The molecule has 0 aromatic heterocycles. The minimum Gasteiger partial charge on any atom is -0.504 e. The third-order valence-electron chi connectivity index (χ3n) is 2.72. The highest BCUT2D eigenvalue weighted by molar-refractivity contribution is 6.31. The summed E-state index contributed by atoms with van der Waals surface area (Å²) in [5.41, 5.74) is 1.36. The quantitative estimate of drug-likeness (QED) is 0.871. The highest BCUT2D eigenvalue weighted by atomic mass is 35.5. The molecule has 0 bridgehead atoms. The van der Waals surface area contributed by atoms with Gasteiger partial charge in [-0.3, -0.25) is 4.79 Å². The van der Waals surface area contributed by atoms with E-state index in [2.05, 4.69) is 0 Å². The maximum Gasteiger partial charge on any atom is 0.306 e. The number of phenols is 1. The molecule has 0 aliphatic heterocycles. The first-order valence-electron chi connectivity index (χ1n) is 5.16. The molecule has 2 N–H and O–H groups in total. The predicted octanol–water partition coefficient (Wildman–Crippen LogP) is 2.63. The van der Waals surface area contributed by atoms with Gasteiger partial charge in [-0.1, -0.05) is 18.5 Å². The average molecular weight is 259 g/mol. The van der Waals surface area contributed by atoms with Crippen molar-refractivity contribution in [2.24, 2.45) is 5.92 Å². The summed E-state index contributed by atoms with van der Waals surface area (Å²) < 4.78 is 5.09. The number of carboxylic acids is 1. The monoisotopic (exact) mass is 258 g/mol. The highest BCUT2D eigenvalue weighted by Crippen LogP contribution is 2.38. The molecule has 0 saturated heterocycles. The second kappa shape index (κ2) is 5.27. The maximum absolute atomic E-state index is 10.8. The number of hydrogen-bond acceptors (Lipinski definition) is 3. The first-order valence-corrected chi connectivity index (χ1v) is 5.54. The number of aliphatic carboxylic acids is 1. The lowest BCUT2D eigenvalue weighted by atomic mass is 9.96. The van der Waals surface area contributed by atoms with Crippen LogP contribution in [-0.2, 0) is 11.2 Å². The maximum atomic E-state index is 10.8. The lowest BCUT2D eigenvalue weighted by molar-refractivity contribution is -0.141. The van der Waals surface area contributed by atoms with Gasteiger partial charge in [0.15, 0.2) is 11.5 Å². The van der Waals surface area contributed by atoms with Crippen LogP contribution in [-0.4, -0.2) is 23.3 Å². The van der Waals surface area contributed by atoms with Gasteiger partial charge in [-0.2, -0.15) is 0 Å². The van der Waals surface area contributed by atoms with E-state index < -0.39 is 11.9 Å². The zero-order chi connectivity index (χ0) is 13.2. The minimum atomic E-state index is -0.897. The molecule has 17 heavy (non-hydrogen) atoms. The van der Waals surface area contributed by atoms with Crippen molar-refractivity contribution in [3.05, 3.63) is 22.2 Å². The Morgan fingerprint density at radius 3 is 2.65 bits per heavy atom. The van der Waals surface area contributed by atoms with Gasteiger partial charge in [0.1, 0.15) is 0 Å². The highest BCUT2D eigenvalue weighted by Gasteiger charge is 2.20. The number of carboxylic acid groups (broad SMARTS) is 1. The molecule has 0 aliphatic rings. The van der Waals surface area contributed by atoms with Crippen LogP contribution >= 0.6 is 11.6 Å². The largest absolute Gasteiger partial charge is 0.504 e. The van der Waals surface area contributed by atoms with Crippen LogP contribution in [0.5, 0.6) is 11.5 Å².